The van der Waals surface area contributed by atoms with E-state index in [0.717, 1.165) is 32.0 Å². The summed E-state index contributed by atoms with van der Waals surface area (Å²) in [5, 5.41) is 11.2. The summed E-state index contributed by atoms with van der Waals surface area (Å²) in [6, 6.07) is 10.4. The van der Waals surface area contributed by atoms with Crippen molar-refractivity contribution in [1.29, 1.82) is 0 Å². The topological polar surface area (TPSA) is 60.7 Å². The van der Waals surface area contributed by atoms with E-state index in [1.54, 1.807) is 0 Å². The second kappa shape index (κ2) is 13.1. The number of benzene rings is 1. The van der Waals surface area contributed by atoms with Gasteiger partial charge in [-0.05, 0) is 50.0 Å². The summed E-state index contributed by atoms with van der Waals surface area (Å²) >= 11 is 0. The number of nitrogens with zero attached hydrogens (tertiary/aromatic N) is 5. The average molecular weight is 426 g/mol. The molecule has 31 heavy (non-hydrogen) atoms. The van der Waals surface area contributed by atoms with E-state index < -0.39 is 0 Å². The van der Waals surface area contributed by atoms with E-state index >= 15 is 0 Å². The van der Waals surface area contributed by atoms with E-state index in [4.69, 9.17) is 4.99 Å². The van der Waals surface area contributed by atoms with Gasteiger partial charge in [0.2, 0.25) is 0 Å². The molecular formula is C24H39N7. The lowest BCUT2D eigenvalue weighted by Crippen LogP contribution is -2.46. The van der Waals surface area contributed by atoms with Crippen LogP contribution in [-0.2, 0) is 13.1 Å². The number of aliphatic imine (C=N–C) groups is 1. The molecule has 2 heterocycles. The first-order valence-electron chi connectivity index (χ1n) is 11.8. The molecule has 7 nitrogen and oxygen atoms in total. The molecule has 1 fully saturated rings. The van der Waals surface area contributed by atoms with E-state index in [1.807, 2.05) is 23.1 Å². The number of nitrogens with one attached hydrogen (secondary N) is 2. The van der Waals surface area contributed by atoms with Gasteiger partial charge in [-0.15, -0.1) is 0 Å². The third kappa shape index (κ3) is 7.99. The van der Waals surface area contributed by atoms with Crippen molar-refractivity contribution in [2.45, 2.75) is 39.8 Å². The first-order chi connectivity index (χ1) is 15.3. The standard InChI is InChI=1S/C24H39N7/c1-3-25-24(26-12-7-8-14-30-18-16-29(4-2)17-19-30)27-20-22-10-5-6-11-23(22)21-31-15-9-13-28-31/h5-6,9-11,13,15H,3-4,7-8,12,14,16-21H2,1-2H3,(H2,25,26,27). The average Bonchev–Trinajstić information content (AvgIpc) is 3.31. The summed E-state index contributed by atoms with van der Waals surface area (Å²) in [6.07, 6.45) is 6.20. The van der Waals surface area contributed by atoms with Gasteiger partial charge in [0.1, 0.15) is 0 Å². The minimum Gasteiger partial charge on any atom is -0.357 e. The van der Waals surface area contributed by atoms with Gasteiger partial charge in [-0.2, -0.15) is 5.10 Å². The van der Waals surface area contributed by atoms with Crippen LogP contribution in [0, 0.1) is 0 Å². The molecule has 0 saturated carbocycles. The molecule has 1 aromatic heterocycles. The number of guanidine groups is 1. The zero-order valence-electron chi connectivity index (χ0n) is 19.3. The summed E-state index contributed by atoms with van der Waals surface area (Å²) < 4.78 is 1.95. The summed E-state index contributed by atoms with van der Waals surface area (Å²) in [4.78, 5) is 9.96. The Morgan fingerprint density at radius 1 is 0.968 bits per heavy atom. The van der Waals surface area contributed by atoms with Crippen molar-refractivity contribution in [3.63, 3.8) is 0 Å². The molecule has 3 rings (SSSR count). The number of piperazine rings is 1. The second-order valence-electron chi connectivity index (χ2n) is 8.08. The molecule has 1 saturated heterocycles. The Hall–Kier alpha value is -2.38. The number of aromatic nitrogens is 2. The van der Waals surface area contributed by atoms with Crippen molar-refractivity contribution in [3.05, 3.63) is 53.9 Å². The molecule has 170 valence electrons. The van der Waals surface area contributed by atoms with Gasteiger partial charge < -0.3 is 20.4 Å². The molecule has 0 amide bonds. The van der Waals surface area contributed by atoms with E-state index in [9.17, 15) is 0 Å². The molecule has 0 bridgehead atoms. The van der Waals surface area contributed by atoms with Crippen LogP contribution < -0.4 is 10.6 Å². The normalized spacial score (nSPS) is 15.9. The fourth-order valence-corrected chi connectivity index (χ4v) is 3.94. The summed E-state index contributed by atoms with van der Waals surface area (Å²) in [6.45, 7) is 14.9. The monoisotopic (exact) mass is 425 g/mol. The molecule has 0 unspecified atom stereocenters. The molecule has 0 atom stereocenters. The summed E-state index contributed by atoms with van der Waals surface area (Å²) in [5.74, 6) is 0.896. The Morgan fingerprint density at radius 2 is 1.74 bits per heavy atom. The maximum Gasteiger partial charge on any atom is 0.191 e. The maximum atomic E-state index is 4.83. The van der Waals surface area contributed by atoms with Gasteiger partial charge in [0, 0.05) is 51.7 Å². The zero-order valence-corrected chi connectivity index (χ0v) is 19.3. The summed E-state index contributed by atoms with van der Waals surface area (Å²) in [5.41, 5.74) is 2.50. The van der Waals surface area contributed by atoms with Crippen LogP contribution in [0.2, 0.25) is 0 Å². The second-order valence-corrected chi connectivity index (χ2v) is 8.08. The molecule has 1 aliphatic rings. The summed E-state index contributed by atoms with van der Waals surface area (Å²) in [7, 11) is 0. The van der Waals surface area contributed by atoms with E-state index in [2.05, 4.69) is 63.6 Å². The zero-order chi connectivity index (χ0) is 21.7. The van der Waals surface area contributed by atoms with E-state index in [0.29, 0.717) is 6.54 Å². The van der Waals surface area contributed by atoms with Crippen LogP contribution in [0.15, 0.2) is 47.7 Å². The fourth-order valence-electron chi connectivity index (χ4n) is 3.94. The highest BCUT2D eigenvalue weighted by Crippen LogP contribution is 2.11. The quantitative estimate of drug-likeness (QED) is 0.329. The Balaban J connectivity index is 1.42. The van der Waals surface area contributed by atoms with Gasteiger partial charge in [0.15, 0.2) is 5.96 Å². The smallest absolute Gasteiger partial charge is 0.191 e. The SMILES string of the molecule is CCNC(=NCc1ccccc1Cn1cccn1)NCCCCN1CCN(CC)CC1. The first kappa shape index (κ1) is 23.3. The van der Waals surface area contributed by atoms with Crippen LogP contribution in [0.25, 0.3) is 0 Å². The van der Waals surface area contributed by atoms with Crippen molar-refractivity contribution in [1.82, 2.24) is 30.2 Å². The van der Waals surface area contributed by atoms with Crippen LogP contribution in [0.3, 0.4) is 0 Å². The molecule has 7 heteroatoms. The highest BCUT2D eigenvalue weighted by atomic mass is 15.3. The van der Waals surface area contributed by atoms with Gasteiger partial charge in [0.25, 0.3) is 0 Å². The van der Waals surface area contributed by atoms with Crippen LogP contribution in [-0.4, -0.2) is 77.9 Å². The Morgan fingerprint density at radius 3 is 2.45 bits per heavy atom. The van der Waals surface area contributed by atoms with Crippen molar-refractivity contribution >= 4 is 5.96 Å². The Kier molecular flexibility index (Phi) is 9.86. The highest BCUT2D eigenvalue weighted by molar-refractivity contribution is 5.79. The molecule has 0 spiro atoms. The number of unbranched alkanes of at least 4 members (excludes halogenated alkanes) is 1. The molecule has 2 N–H and O–H groups in total. The van der Waals surface area contributed by atoms with Crippen molar-refractivity contribution in [2.75, 3.05) is 52.4 Å². The minimum atomic E-state index is 0.661. The van der Waals surface area contributed by atoms with Crippen LogP contribution >= 0.6 is 0 Å². The number of likely N-dealkylation sites (N-methyl/N-ethyl adjacent to an activating group) is 1. The van der Waals surface area contributed by atoms with E-state index in [1.165, 1.54) is 56.8 Å². The Bertz CT molecular complexity index is 764. The number of rotatable bonds is 11. The van der Waals surface area contributed by atoms with E-state index in [-0.39, 0.29) is 0 Å². The van der Waals surface area contributed by atoms with Gasteiger partial charge in [-0.25, -0.2) is 4.99 Å². The van der Waals surface area contributed by atoms with Gasteiger partial charge in [-0.1, -0.05) is 31.2 Å². The molecule has 1 aliphatic heterocycles. The van der Waals surface area contributed by atoms with Crippen molar-refractivity contribution in [3.8, 4) is 0 Å². The Labute approximate surface area is 187 Å². The third-order valence-electron chi connectivity index (χ3n) is 5.87. The van der Waals surface area contributed by atoms with Crippen LogP contribution in [0.5, 0.6) is 0 Å². The molecular weight excluding hydrogens is 386 g/mol. The minimum absolute atomic E-state index is 0.661. The lowest BCUT2D eigenvalue weighted by Gasteiger charge is -2.34. The third-order valence-corrected chi connectivity index (χ3v) is 5.87. The maximum absolute atomic E-state index is 4.83. The lowest BCUT2D eigenvalue weighted by molar-refractivity contribution is 0.136. The molecule has 0 aliphatic carbocycles. The van der Waals surface area contributed by atoms with Gasteiger partial charge in [0.05, 0.1) is 13.1 Å². The highest BCUT2D eigenvalue weighted by Gasteiger charge is 2.14. The molecule has 0 radical (unpaired) electrons. The number of hydrogen-bond acceptors (Lipinski definition) is 4. The van der Waals surface area contributed by atoms with Crippen molar-refractivity contribution in [2.24, 2.45) is 4.99 Å². The van der Waals surface area contributed by atoms with Crippen molar-refractivity contribution < 1.29 is 0 Å². The van der Waals surface area contributed by atoms with Crippen LogP contribution in [0.4, 0.5) is 0 Å². The first-order valence-corrected chi connectivity index (χ1v) is 11.8. The predicted molar refractivity (Wildman–Crippen MR) is 128 cm³/mol. The molecule has 1 aromatic carbocycles. The van der Waals surface area contributed by atoms with Gasteiger partial charge >= 0.3 is 0 Å². The van der Waals surface area contributed by atoms with Gasteiger partial charge in [-0.3, -0.25) is 4.68 Å². The largest absolute Gasteiger partial charge is 0.357 e. The van der Waals surface area contributed by atoms with Crippen LogP contribution in [0.1, 0.15) is 37.8 Å². The molecule has 2 aromatic rings. The predicted octanol–water partition coefficient (Wildman–Crippen LogP) is 2.40. The lowest BCUT2D eigenvalue weighted by atomic mass is 10.1. The fraction of sp³-hybridized carbons (Fsp3) is 0.583. The number of hydrogen-bond donors (Lipinski definition) is 2.